The van der Waals surface area contributed by atoms with E-state index in [0.29, 0.717) is 27.6 Å². The Morgan fingerprint density at radius 1 is 1.21 bits per heavy atom. The molecule has 5 rings (SSSR count). The molecule has 1 saturated carbocycles. The van der Waals surface area contributed by atoms with Gasteiger partial charge in [-0.05, 0) is 50.5 Å². The summed E-state index contributed by atoms with van der Waals surface area (Å²) in [4.78, 5) is 36.5. The van der Waals surface area contributed by atoms with Crippen molar-refractivity contribution >= 4 is 50.7 Å². The van der Waals surface area contributed by atoms with Crippen molar-refractivity contribution in [3.05, 3.63) is 58.4 Å². The average molecular weight is 476 g/mol. The van der Waals surface area contributed by atoms with E-state index in [9.17, 15) is 9.59 Å². The molecular weight excluding hydrogens is 450 g/mol. The van der Waals surface area contributed by atoms with Gasteiger partial charge in [-0.2, -0.15) is 5.10 Å². The number of nitrogens with one attached hydrogen (secondary N) is 3. The second-order valence-electron chi connectivity index (χ2n) is 8.54. The van der Waals surface area contributed by atoms with Gasteiger partial charge in [0.2, 0.25) is 5.91 Å². The van der Waals surface area contributed by atoms with Crippen LogP contribution >= 0.6 is 11.3 Å². The van der Waals surface area contributed by atoms with Crippen molar-refractivity contribution < 1.29 is 9.59 Å². The van der Waals surface area contributed by atoms with Crippen molar-refractivity contribution in [1.82, 2.24) is 25.1 Å². The van der Waals surface area contributed by atoms with Crippen LogP contribution in [0, 0.1) is 13.8 Å². The van der Waals surface area contributed by atoms with E-state index in [1.165, 1.54) is 17.5 Å². The monoisotopic (exact) mass is 475 g/mol. The number of carbonyl (C=O) groups is 2. The number of likely N-dealkylation sites (N-methyl/N-ethyl adjacent to an activating group) is 1. The summed E-state index contributed by atoms with van der Waals surface area (Å²) in [7, 11) is 1.85. The van der Waals surface area contributed by atoms with E-state index in [-0.39, 0.29) is 18.2 Å². The smallest absolute Gasteiger partial charge is 0.267 e. The fraction of sp³-hybridized carbons (Fsp3) is 0.292. The van der Waals surface area contributed by atoms with Gasteiger partial charge in [0.15, 0.2) is 5.13 Å². The highest BCUT2D eigenvalue weighted by molar-refractivity contribution is 7.17. The standard InChI is InChI=1S/C24H25N7O2S/c1-13-7-10-17-21(14(2)29-30-17)22(13)28-23(33)18-12-25-24(34-18)27-19-6-4-5-15(26-19)11-20(32)31(3)16-8-9-16/h4-7,10,12,16H,8-9,11H2,1-3H3,(H,28,33)(H,29,30)(H,25,26,27). The molecule has 1 aliphatic carbocycles. The number of nitrogens with zero attached hydrogens (tertiary/aromatic N) is 4. The highest BCUT2D eigenvalue weighted by Crippen LogP contribution is 2.30. The normalized spacial score (nSPS) is 13.1. The van der Waals surface area contributed by atoms with E-state index in [0.717, 1.165) is 40.7 Å². The molecule has 4 aromatic rings. The van der Waals surface area contributed by atoms with E-state index >= 15 is 0 Å². The van der Waals surface area contributed by atoms with Crippen LogP contribution in [0.5, 0.6) is 0 Å². The lowest BCUT2D eigenvalue weighted by Crippen LogP contribution is -2.30. The number of anilines is 3. The van der Waals surface area contributed by atoms with Gasteiger partial charge in [-0.3, -0.25) is 14.7 Å². The van der Waals surface area contributed by atoms with Crippen molar-refractivity contribution in [2.75, 3.05) is 17.7 Å². The number of benzene rings is 1. The first kappa shape index (κ1) is 22.0. The Balaban J connectivity index is 1.27. The van der Waals surface area contributed by atoms with Crippen molar-refractivity contribution in [3.63, 3.8) is 0 Å². The predicted molar refractivity (Wildman–Crippen MR) is 133 cm³/mol. The number of aromatic nitrogens is 4. The third kappa shape index (κ3) is 4.49. The van der Waals surface area contributed by atoms with E-state index in [2.05, 4.69) is 30.8 Å². The number of aromatic amines is 1. The van der Waals surface area contributed by atoms with Gasteiger partial charge in [0.05, 0.1) is 29.5 Å². The third-order valence-electron chi connectivity index (χ3n) is 5.94. The minimum Gasteiger partial charge on any atom is -0.342 e. The van der Waals surface area contributed by atoms with Gasteiger partial charge in [0.25, 0.3) is 5.91 Å². The summed E-state index contributed by atoms with van der Waals surface area (Å²) in [6.07, 6.45) is 3.95. The SMILES string of the molecule is Cc1ccc2n[nH]c(C)c2c1NC(=O)c1cnc(Nc2cccc(CC(=O)N(C)C3CC3)n2)s1. The maximum Gasteiger partial charge on any atom is 0.267 e. The highest BCUT2D eigenvalue weighted by Gasteiger charge is 2.29. The Morgan fingerprint density at radius 2 is 2.03 bits per heavy atom. The number of rotatable bonds is 7. The minimum absolute atomic E-state index is 0.0681. The first-order valence-corrected chi connectivity index (χ1v) is 11.9. The van der Waals surface area contributed by atoms with E-state index < -0.39 is 0 Å². The van der Waals surface area contributed by atoms with Crippen LogP contribution < -0.4 is 10.6 Å². The van der Waals surface area contributed by atoms with Gasteiger partial charge in [0, 0.05) is 24.2 Å². The lowest BCUT2D eigenvalue weighted by Gasteiger charge is -2.16. The zero-order valence-corrected chi connectivity index (χ0v) is 20.0. The number of H-pyrrole nitrogens is 1. The van der Waals surface area contributed by atoms with Crippen molar-refractivity contribution in [3.8, 4) is 0 Å². The van der Waals surface area contributed by atoms with E-state index in [1.807, 2.05) is 51.2 Å². The van der Waals surface area contributed by atoms with Gasteiger partial charge in [0.1, 0.15) is 10.7 Å². The molecule has 0 bridgehead atoms. The summed E-state index contributed by atoms with van der Waals surface area (Å²) >= 11 is 1.24. The fourth-order valence-corrected chi connectivity index (χ4v) is 4.56. The molecule has 3 heterocycles. The zero-order valence-electron chi connectivity index (χ0n) is 19.2. The maximum absolute atomic E-state index is 13.0. The molecular formula is C24H25N7O2S. The second-order valence-corrected chi connectivity index (χ2v) is 9.57. The molecule has 34 heavy (non-hydrogen) atoms. The first-order chi connectivity index (χ1) is 16.4. The Morgan fingerprint density at radius 3 is 2.82 bits per heavy atom. The highest BCUT2D eigenvalue weighted by atomic mass is 32.1. The predicted octanol–water partition coefficient (Wildman–Crippen LogP) is 4.19. The molecule has 3 aromatic heterocycles. The van der Waals surface area contributed by atoms with Crippen LogP contribution in [0.3, 0.4) is 0 Å². The van der Waals surface area contributed by atoms with Crippen LogP contribution in [0.2, 0.25) is 0 Å². The van der Waals surface area contributed by atoms with Gasteiger partial charge < -0.3 is 15.5 Å². The quantitative estimate of drug-likeness (QED) is 0.369. The molecule has 1 aromatic carbocycles. The number of aryl methyl sites for hydroxylation is 2. The molecule has 0 spiro atoms. The topological polar surface area (TPSA) is 116 Å². The Labute approximate surface area is 200 Å². The van der Waals surface area contributed by atoms with Crippen LogP contribution in [-0.2, 0) is 11.2 Å². The molecule has 9 nitrogen and oxygen atoms in total. The van der Waals surface area contributed by atoms with Crippen molar-refractivity contribution in [1.29, 1.82) is 0 Å². The van der Waals surface area contributed by atoms with Crippen molar-refractivity contribution in [2.45, 2.75) is 39.2 Å². The fourth-order valence-electron chi connectivity index (χ4n) is 3.84. The van der Waals surface area contributed by atoms with Gasteiger partial charge in [-0.25, -0.2) is 9.97 Å². The number of amides is 2. The first-order valence-electron chi connectivity index (χ1n) is 11.1. The number of fused-ring (bicyclic) bond motifs is 1. The summed E-state index contributed by atoms with van der Waals surface area (Å²) < 4.78 is 0. The maximum atomic E-state index is 13.0. The summed E-state index contributed by atoms with van der Waals surface area (Å²) in [5, 5.41) is 14.8. The van der Waals surface area contributed by atoms with Crippen LogP contribution in [0.15, 0.2) is 36.5 Å². The molecule has 2 amide bonds. The lowest BCUT2D eigenvalue weighted by atomic mass is 10.1. The summed E-state index contributed by atoms with van der Waals surface area (Å²) in [6, 6.07) is 9.74. The number of pyridine rings is 1. The molecule has 3 N–H and O–H groups in total. The molecule has 174 valence electrons. The van der Waals surface area contributed by atoms with Gasteiger partial charge >= 0.3 is 0 Å². The number of thiazole rings is 1. The second kappa shape index (κ2) is 8.86. The molecule has 1 aliphatic rings. The molecule has 0 saturated heterocycles. The molecule has 0 atom stereocenters. The average Bonchev–Trinajstić information content (AvgIpc) is 3.45. The Bertz CT molecular complexity index is 1390. The van der Waals surface area contributed by atoms with E-state index in [1.54, 1.807) is 4.90 Å². The van der Waals surface area contributed by atoms with E-state index in [4.69, 9.17) is 0 Å². The number of hydrogen-bond donors (Lipinski definition) is 3. The minimum atomic E-state index is -0.239. The van der Waals surface area contributed by atoms with Gasteiger partial charge in [-0.1, -0.05) is 23.5 Å². The van der Waals surface area contributed by atoms with Crippen molar-refractivity contribution in [2.24, 2.45) is 0 Å². The summed E-state index contributed by atoms with van der Waals surface area (Å²) in [5.74, 6) is 0.408. The number of carbonyl (C=O) groups excluding carboxylic acids is 2. The molecule has 0 radical (unpaired) electrons. The van der Waals surface area contributed by atoms with Gasteiger partial charge in [-0.15, -0.1) is 0 Å². The van der Waals surface area contributed by atoms with Crippen LogP contribution in [0.1, 0.15) is 39.5 Å². The Hall–Kier alpha value is -3.79. The lowest BCUT2D eigenvalue weighted by molar-refractivity contribution is -0.129. The molecule has 10 heteroatoms. The summed E-state index contributed by atoms with van der Waals surface area (Å²) in [6.45, 7) is 3.88. The van der Waals surface area contributed by atoms with Crippen LogP contribution in [-0.4, -0.2) is 50.0 Å². The van der Waals surface area contributed by atoms with Crippen LogP contribution in [0.4, 0.5) is 16.6 Å². The number of hydrogen-bond acceptors (Lipinski definition) is 7. The molecule has 1 fully saturated rings. The molecule has 0 unspecified atom stereocenters. The molecule has 0 aliphatic heterocycles. The Kier molecular flexibility index (Phi) is 5.74. The zero-order chi connectivity index (χ0) is 23.8. The summed E-state index contributed by atoms with van der Waals surface area (Å²) in [5.41, 5.74) is 4.09. The largest absolute Gasteiger partial charge is 0.342 e. The van der Waals surface area contributed by atoms with Crippen LogP contribution in [0.25, 0.3) is 10.9 Å². The third-order valence-corrected chi connectivity index (χ3v) is 6.85.